The molecule has 1 saturated carbocycles. The van der Waals surface area contributed by atoms with E-state index in [-0.39, 0.29) is 1.43 Å². The van der Waals surface area contributed by atoms with E-state index in [1.165, 1.54) is 12.0 Å². The van der Waals surface area contributed by atoms with Gasteiger partial charge >= 0.3 is 0 Å². The molecule has 2 aliphatic rings. The number of pyridine rings is 1. The Bertz CT molecular complexity index is 902. The standard InChI is InChI=1S/C17H14N4.H2/c1-2-11-8-14(11)12(3-1)15-9-21(10-20-15)16-5-7-19-17-13(16)4-6-18-17;/h1-7,9-11,14H,8H2,(H,18,19);1H. The highest BCUT2D eigenvalue weighted by Crippen LogP contribution is 2.50. The Morgan fingerprint density at radius 3 is 3.29 bits per heavy atom. The molecule has 4 heteroatoms. The van der Waals surface area contributed by atoms with Gasteiger partial charge in [-0.2, -0.15) is 0 Å². The van der Waals surface area contributed by atoms with Gasteiger partial charge in [-0.05, 0) is 36.0 Å². The van der Waals surface area contributed by atoms with Crippen LogP contribution in [0, 0.1) is 11.8 Å². The summed E-state index contributed by atoms with van der Waals surface area (Å²) in [6, 6.07) is 4.08. The first-order valence-electron chi connectivity index (χ1n) is 7.25. The number of nitrogens with zero attached hydrogens (tertiary/aromatic N) is 3. The lowest BCUT2D eigenvalue weighted by Gasteiger charge is -2.05. The first-order valence-corrected chi connectivity index (χ1v) is 7.25. The average molecular weight is 276 g/mol. The summed E-state index contributed by atoms with van der Waals surface area (Å²) in [5.41, 5.74) is 4.48. The van der Waals surface area contributed by atoms with Gasteiger partial charge in [0.05, 0.1) is 17.7 Å². The third-order valence-electron chi connectivity index (χ3n) is 4.47. The van der Waals surface area contributed by atoms with Gasteiger partial charge < -0.3 is 9.55 Å². The van der Waals surface area contributed by atoms with Crippen LogP contribution in [0.15, 0.2) is 55.3 Å². The van der Waals surface area contributed by atoms with Crippen molar-refractivity contribution in [1.29, 1.82) is 0 Å². The molecule has 1 fully saturated rings. The minimum absolute atomic E-state index is 0. The van der Waals surface area contributed by atoms with Crippen molar-refractivity contribution in [1.82, 2.24) is 19.5 Å². The number of aromatic nitrogens is 4. The summed E-state index contributed by atoms with van der Waals surface area (Å²) in [7, 11) is 0. The highest BCUT2D eigenvalue weighted by atomic mass is 15.0. The lowest BCUT2D eigenvalue weighted by atomic mass is 10.0. The summed E-state index contributed by atoms with van der Waals surface area (Å²) in [5.74, 6) is 1.43. The molecule has 1 N–H and O–H groups in total. The molecule has 0 amide bonds. The molecule has 4 nitrogen and oxygen atoms in total. The number of nitrogens with one attached hydrogen (secondary N) is 1. The van der Waals surface area contributed by atoms with E-state index >= 15 is 0 Å². The Kier molecular flexibility index (Phi) is 2.08. The predicted molar refractivity (Wildman–Crippen MR) is 84.0 cm³/mol. The average Bonchev–Trinajstić information content (AvgIpc) is 2.95. The van der Waals surface area contributed by atoms with E-state index in [0.717, 1.165) is 28.3 Å². The molecular formula is C17H16N4. The molecule has 5 rings (SSSR count). The normalized spacial score (nSPS) is 23.1. The van der Waals surface area contributed by atoms with Crippen LogP contribution < -0.4 is 0 Å². The summed E-state index contributed by atoms with van der Waals surface area (Å²) in [4.78, 5) is 12.1. The number of imidazole rings is 1. The van der Waals surface area contributed by atoms with Crippen molar-refractivity contribution in [2.45, 2.75) is 6.42 Å². The number of fused-ring (bicyclic) bond motifs is 2. The lowest BCUT2D eigenvalue weighted by molar-refractivity contribution is 0.991. The molecule has 0 saturated heterocycles. The summed E-state index contributed by atoms with van der Waals surface area (Å²) < 4.78 is 2.09. The van der Waals surface area contributed by atoms with Gasteiger partial charge in [0.15, 0.2) is 0 Å². The molecule has 3 aromatic heterocycles. The van der Waals surface area contributed by atoms with Crippen LogP contribution in [0.1, 0.15) is 13.5 Å². The second-order valence-electron chi connectivity index (χ2n) is 5.75. The molecule has 2 aliphatic carbocycles. The van der Waals surface area contributed by atoms with Gasteiger partial charge in [0.25, 0.3) is 0 Å². The smallest absolute Gasteiger partial charge is 0.139 e. The molecule has 0 spiro atoms. The van der Waals surface area contributed by atoms with E-state index in [4.69, 9.17) is 0 Å². The zero-order chi connectivity index (χ0) is 13.8. The zero-order valence-electron chi connectivity index (χ0n) is 11.4. The summed E-state index contributed by atoms with van der Waals surface area (Å²) >= 11 is 0. The second-order valence-corrected chi connectivity index (χ2v) is 5.75. The van der Waals surface area contributed by atoms with Crippen LogP contribution in [0.25, 0.3) is 22.3 Å². The molecule has 3 heterocycles. The number of aromatic amines is 1. The van der Waals surface area contributed by atoms with Crippen molar-refractivity contribution in [2.75, 3.05) is 0 Å². The predicted octanol–water partition coefficient (Wildman–Crippen LogP) is 3.58. The first-order chi connectivity index (χ1) is 10.4. The van der Waals surface area contributed by atoms with Crippen LogP contribution in [0.3, 0.4) is 0 Å². The fourth-order valence-corrected chi connectivity index (χ4v) is 3.26. The summed E-state index contributed by atoms with van der Waals surface area (Å²) in [6.07, 6.45) is 15.7. The molecule has 2 atom stereocenters. The van der Waals surface area contributed by atoms with E-state index in [1.54, 1.807) is 0 Å². The van der Waals surface area contributed by atoms with Crippen LogP contribution in [0.4, 0.5) is 0 Å². The number of rotatable bonds is 2. The maximum atomic E-state index is 4.61. The molecule has 0 aliphatic heterocycles. The van der Waals surface area contributed by atoms with Gasteiger partial charge in [-0.25, -0.2) is 9.97 Å². The van der Waals surface area contributed by atoms with Crippen molar-refractivity contribution in [3.8, 4) is 5.69 Å². The van der Waals surface area contributed by atoms with Gasteiger partial charge in [-0.1, -0.05) is 18.2 Å². The topological polar surface area (TPSA) is 46.5 Å². The second kappa shape index (κ2) is 3.95. The summed E-state index contributed by atoms with van der Waals surface area (Å²) in [6.45, 7) is 0. The number of hydrogen-bond acceptors (Lipinski definition) is 2. The van der Waals surface area contributed by atoms with E-state index in [2.05, 4.69) is 50.0 Å². The molecule has 0 aromatic carbocycles. The van der Waals surface area contributed by atoms with Crippen molar-refractivity contribution in [3.63, 3.8) is 0 Å². The Morgan fingerprint density at radius 1 is 1.29 bits per heavy atom. The van der Waals surface area contributed by atoms with E-state index in [0.29, 0.717) is 5.92 Å². The molecule has 2 unspecified atom stereocenters. The lowest BCUT2D eigenvalue weighted by Crippen LogP contribution is -1.93. The van der Waals surface area contributed by atoms with Gasteiger partial charge in [-0.15, -0.1) is 0 Å². The van der Waals surface area contributed by atoms with E-state index in [1.807, 2.05) is 24.8 Å². The van der Waals surface area contributed by atoms with Crippen LogP contribution >= 0.6 is 0 Å². The van der Waals surface area contributed by atoms with Crippen LogP contribution in [0.2, 0.25) is 0 Å². The Hall–Kier alpha value is -2.62. The summed E-state index contributed by atoms with van der Waals surface area (Å²) in [5, 5.41) is 1.11. The van der Waals surface area contributed by atoms with Crippen molar-refractivity contribution in [2.24, 2.45) is 11.8 Å². The minimum Gasteiger partial charge on any atom is -0.346 e. The van der Waals surface area contributed by atoms with Gasteiger partial charge in [-0.3, -0.25) is 0 Å². The van der Waals surface area contributed by atoms with Crippen LogP contribution in [0.5, 0.6) is 0 Å². The zero-order valence-corrected chi connectivity index (χ0v) is 11.4. The van der Waals surface area contributed by atoms with Crippen LogP contribution in [-0.4, -0.2) is 19.5 Å². The number of allylic oxidation sites excluding steroid dienone is 4. The molecule has 0 radical (unpaired) electrons. The van der Waals surface area contributed by atoms with Gasteiger partial charge in [0.1, 0.15) is 5.65 Å². The monoisotopic (exact) mass is 276 g/mol. The SMILES string of the molecule is C1=CC2CC2C(c2cn(-c3ccnc4[nH]ccc34)cn2)=C1.[HH]. The maximum Gasteiger partial charge on any atom is 0.139 e. The quantitative estimate of drug-likeness (QED) is 0.777. The molecule has 104 valence electrons. The van der Waals surface area contributed by atoms with Crippen molar-refractivity contribution < 1.29 is 1.43 Å². The molecular weight excluding hydrogens is 260 g/mol. The fourth-order valence-electron chi connectivity index (χ4n) is 3.26. The number of H-pyrrole nitrogens is 1. The molecule has 21 heavy (non-hydrogen) atoms. The van der Waals surface area contributed by atoms with Gasteiger partial charge in [0.2, 0.25) is 0 Å². The minimum atomic E-state index is 0. The van der Waals surface area contributed by atoms with Crippen molar-refractivity contribution in [3.05, 3.63) is 61.0 Å². The highest BCUT2D eigenvalue weighted by molar-refractivity contribution is 5.84. The fraction of sp³-hybridized carbons (Fsp3) is 0.176. The molecule has 3 aromatic rings. The van der Waals surface area contributed by atoms with E-state index < -0.39 is 0 Å². The molecule has 0 bridgehead atoms. The number of hydrogen-bond donors (Lipinski definition) is 1. The van der Waals surface area contributed by atoms with E-state index in [9.17, 15) is 0 Å². The van der Waals surface area contributed by atoms with Crippen LogP contribution in [-0.2, 0) is 0 Å². The highest BCUT2D eigenvalue weighted by Gasteiger charge is 2.40. The Morgan fingerprint density at radius 2 is 2.29 bits per heavy atom. The third kappa shape index (κ3) is 1.62. The Labute approximate surface area is 123 Å². The maximum absolute atomic E-state index is 4.61. The first kappa shape index (κ1) is 11.1. The third-order valence-corrected chi connectivity index (χ3v) is 4.47. The van der Waals surface area contributed by atoms with Crippen molar-refractivity contribution >= 4 is 16.6 Å². The largest absolute Gasteiger partial charge is 0.346 e. The van der Waals surface area contributed by atoms with Gasteiger partial charge in [0, 0.05) is 25.4 Å². The Balaban J connectivity index is 0.00000125.